The molecule has 0 amide bonds. The minimum atomic E-state index is -0.106. The average molecular weight is 346 g/mol. The SMILES string of the molecule is CSc1c(Cl)c(-c2cc3[nH]c(=O)sc3cc2Cl)nn1C. The maximum atomic E-state index is 11.4. The van der Waals surface area contributed by atoms with Gasteiger partial charge in [0.1, 0.15) is 15.7 Å². The number of H-pyrrole nitrogens is 1. The Hall–Kier alpha value is -0.950. The van der Waals surface area contributed by atoms with E-state index in [1.54, 1.807) is 10.7 Å². The fourth-order valence-corrected chi connectivity index (χ4v) is 4.18. The van der Waals surface area contributed by atoms with Crippen LogP contribution in [-0.4, -0.2) is 21.0 Å². The zero-order valence-electron chi connectivity index (χ0n) is 10.5. The van der Waals surface area contributed by atoms with Crippen molar-refractivity contribution >= 4 is 56.5 Å². The largest absolute Gasteiger partial charge is 0.312 e. The number of hydrogen-bond acceptors (Lipinski definition) is 4. The Bertz CT molecular complexity index is 866. The van der Waals surface area contributed by atoms with E-state index in [0.717, 1.165) is 26.6 Å². The van der Waals surface area contributed by atoms with Crippen LogP contribution in [-0.2, 0) is 7.05 Å². The molecule has 0 radical (unpaired) electrons. The Kier molecular flexibility index (Phi) is 3.58. The van der Waals surface area contributed by atoms with Crippen molar-refractivity contribution in [3.8, 4) is 11.3 Å². The van der Waals surface area contributed by atoms with Gasteiger partial charge in [0.15, 0.2) is 0 Å². The number of nitrogens with zero attached hydrogens (tertiary/aromatic N) is 2. The van der Waals surface area contributed by atoms with E-state index in [2.05, 4.69) is 10.1 Å². The summed E-state index contributed by atoms with van der Waals surface area (Å²) in [6, 6.07) is 3.58. The Morgan fingerprint density at radius 2 is 2.15 bits per heavy atom. The topological polar surface area (TPSA) is 50.7 Å². The quantitative estimate of drug-likeness (QED) is 0.713. The third-order valence-electron chi connectivity index (χ3n) is 2.90. The highest BCUT2D eigenvalue weighted by Crippen LogP contribution is 2.39. The molecule has 2 heterocycles. The second-order valence-corrected chi connectivity index (χ2v) is 6.73. The van der Waals surface area contributed by atoms with Crippen molar-refractivity contribution in [3.05, 3.63) is 31.8 Å². The minimum absolute atomic E-state index is 0.106. The Balaban J connectivity index is 2.28. The summed E-state index contributed by atoms with van der Waals surface area (Å²) in [7, 11) is 1.83. The number of thioether (sulfide) groups is 1. The van der Waals surface area contributed by atoms with Crippen LogP contribution in [0.5, 0.6) is 0 Å². The van der Waals surface area contributed by atoms with Gasteiger partial charge in [-0.05, 0) is 18.4 Å². The molecule has 0 saturated carbocycles. The highest BCUT2D eigenvalue weighted by atomic mass is 35.5. The normalized spacial score (nSPS) is 11.4. The minimum Gasteiger partial charge on any atom is -0.312 e. The van der Waals surface area contributed by atoms with Crippen LogP contribution in [0, 0.1) is 0 Å². The van der Waals surface area contributed by atoms with Gasteiger partial charge in [0.25, 0.3) is 0 Å². The number of nitrogens with one attached hydrogen (secondary N) is 1. The van der Waals surface area contributed by atoms with E-state index in [1.165, 1.54) is 11.8 Å². The van der Waals surface area contributed by atoms with Crippen LogP contribution in [0.2, 0.25) is 10.0 Å². The van der Waals surface area contributed by atoms with Crippen molar-refractivity contribution in [1.29, 1.82) is 0 Å². The van der Waals surface area contributed by atoms with E-state index in [4.69, 9.17) is 23.2 Å². The summed E-state index contributed by atoms with van der Waals surface area (Å²) in [5.41, 5.74) is 2.08. The molecule has 0 bridgehead atoms. The molecule has 3 rings (SSSR count). The monoisotopic (exact) mass is 345 g/mol. The summed E-state index contributed by atoms with van der Waals surface area (Å²) in [4.78, 5) is 14.1. The number of hydrogen-bond donors (Lipinski definition) is 1. The van der Waals surface area contributed by atoms with Crippen molar-refractivity contribution in [1.82, 2.24) is 14.8 Å². The van der Waals surface area contributed by atoms with E-state index in [9.17, 15) is 4.79 Å². The van der Waals surface area contributed by atoms with Crippen LogP contribution in [0.4, 0.5) is 0 Å². The lowest BCUT2D eigenvalue weighted by Gasteiger charge is -2.02. The molecule has 0 aliphatic heterocycles. The Morgan fingerprint density at radius 1 is 1.40 bits per heavy atom. The zero-order valence-corrected chi connectivity index (χ0v) is 13.7. The molecule has 0 aliphatic carbocycles. The number of benzene rings is 1. The van der Waals surface area contributed by atoms with Crippen molar-refractivity contribution in [2.45, 2.75) is 5.03 Å². The van der Waals surface area contributed by atoms with Crippen molar-refractivity contribution < 1.29 is 0 Å². The third kappa shape index (κ3) is 2.16. The molecule has 1 aromatic carbocycles. The van der Waals surface area contributed by atoms with E-state index >= 15 is 0 Å². The highest BCUT2D eigenvalue weighted by Gasteiger charge is 2.18. The molecule has 8 heteroatoms. The average Bonchev–Trinajstić information content (AvgIpc) is 2.87. The maximum Gasteiger partial charge on any atom is 0.305 e. The predicted molar refractivity (Wildman–Crippen MR) is 86.4 cm³/mol. The summed E-state index contributed by atoms with van der Waals surface area (Å²) in [5, 5.41) is 6.38. The Morgan fingerprint density at radius 3 is 2.80 bits per heavy atom. The number of aromatic amines is 1. The molecule has 0 unspecified atom stereocenters. The predicted octanol–water partition coefficient (Wildman–Crippen LogP) is 4.02. The first kappa shape index (κ1) is 14.0. The van der Waals surface area contributed by atoms with E-state index in [0.29, 0.717) is 21.3 Å². The van der Waals surface area contributed by atoms with Gasteiger partial charge in [-0.25, -0.2) is 0 Å². The molecule has 0 spiro atoms. The van der Waals surface area contributed by atoms with E-state index in [1.807, 2.05) is 19.4 Å². The molecule has 0 atom stereocenters. The van der Waals surface area contributed by atoms with Gasteiger partial charge in [0.2, 0.25) is 0 Å². The first-order valence-electron chi connectivity index (χ1n) is 5.60. The fraction of sp³-hybridized carbons (Fsp3) is 0.167. The first-order chi connectivity index (χ1) is 9.51. The van der Waals surface area contributed by atoms with Gasteiger partial charge >= 0.3 is 4.87 Å². The first-order valence-corrected chi connectivity index (χ1v) is 8.40. The molecule has 104 valence electrons. The summed E-state index contributed by atoms with van der Waals surface area (Å²) < 4.78 is 2.54. The van der Waals surface area contributed by atoms with Crippen LogP contribution < -0.4 is 4.87 Å². The van der Waals surface area contributed by atoms with Gasteiger partial charge in [-0.1, -0.05) is 34.5 Å². The second kappa shape index (κ2) is 5.11. The van der Waals surface area contributed by atoms with E-state index in [-0.39, 0.29) is 4.87 Å². The smallest absolute Gasteiger partial charge is 0.305 e. The van der Waals surface area contributed by atoms with Crippen LogP contribution in [0.1, 0.15) is 0 Å². The van der Waals surface area contributed by atoms with Crippen molar-refractivity contribution in [2.75, 3.05) is 6.26 Å². The fourth-order valence-electron chi connectivity index (χ4n) is 2.03. The summed E-state index contributed by atoms with van der Waals surface area (Å²) in [5.74, 6) is 0. The van der Waals surface area contributed by atoms with E-state index < -0.39 is 0 Å². The van der Waals surface area contributed by atoms with Gasteiger partial charge in [-0.3, -0.25) is 9.48 Å². The third-order valence-corrected chi connectivity index (χ3v) is 5.38. The van der Waals surface area contributed by atoms with Crippen LogP contribution in [0.25, 0.3) is 21.5 Å². The number of halogens is 2. The summed E-state index contributed by atoms with van der Waals surface area (Å²) >= 11 is 15.3. The molecule has 0 fully saturated rings. The molecule has 4 nitrogen and oxygen atoms in total. The molecule has 2 aromatic heterocycles. The van der Waals surface area contributed by atoms with Crippen molar-refractivity contribution in [2.24, 2.45) is 7.05 Å². The zero-order chi connectivity index (χ0) is 14.4. The standard InChI is InChI=1S/C12H9Cl2N3OS2/c1-17-11(19-2)9(14)10(16-17)5-3-7-8(4-6(5)13)20-12(18)15-7/h3-4H,1-2H3,(H,15,18). The lowest BCUT2D eigenvalue weighted by Crippen LogP contribution is -1.92. The second-order valence-electron chi connectivity index (χ2n) is 4.14. The lowest BCUT2D eigenvalue weighted by atomic mass is 10.1. The molecule has 20 heavy (non-hydrogen) atoms. The highest BCUT2D eigenvalue weighted by molar-refractivity contribution is 7.98. The van der Waals surface area contributed by atoms with Gasteiger partial charge in [-0.2, -0.15) is 5.10 Å². The number of fused-ring (bicyclic) bond motifs is 1. The molecule has 0 saturated heterocycles. The van der Waals surface area contributed by atoms with Gasteiger partial charge < -0.3 is 4.98 Å². The molecule has 1 N–H and O–H groups in total. The van der Waals surface area contributed by atoms with Gasteiger partial charge in [0, 0.05) is 12.6 Å². The molecular weight excluding hydrogens is 337 g/mol. The summed E-state index contributed by atoms with van der Waals surface area (Å²) in [6.07, 6.45) is 1.94. The van der Waals surface area contributed by atoms with Crippen LogP contribution in [0.15, 0.2) is 22.0 Å². The van der Waals surface area contributed by atoms with Gasteiger partial charge in [-0.15, -0.1) is 11.8 Å². The summed E-state index contributed by atoms with van der Waals surface area (Å²) in [6.45, 7) is 0. The van der Waals surface area contributed by atoms with Gasteiger partial charge in [0.05, 0.1) is 15.2 Å². The Labute approximate surface area is 132 Å². The number of rotatable bonds is 2. The number of thiazole rings is 1. The molecular formula is C12H9Cl2N3OS2. The number of aromatic nitrogens is 3. The van der Waals surface area contributed by atoms with Crippen molar-refractivity contribution in [3.63, 3.8) is 0 Å². The molecule has 3 aromatic rings. The lowest BCUT2D eigenvalue weighted by molar-refractivity contribution is 0.702. The maximum absolute atomic E-state index is 11.4. The molecule has 0 aliphatic rings. The van der Waals surface area contributed by atoms with Crippen LogP contribution >= 0.6 is 46.3 Å². The number of aryl methyl sites for hydroxylation is 1. The van der Waals surface area contributed by atoms with Crippen LogP contribution in [0.3, 0.4) is 0 Å².